The molecule has 2 aliphatic rings. The number of nitrogens with one attached hydrogen (secondary N) is 1. The molecule has 12 atom stereocenters. The van der Waals surface area contributed by atoms with E-state index in [0.717, 1.165) is 70.6 Å². The van der Waals surface area contributed by atoms with Gasteiger partial charge in [-0.2, -0.15) is 0 Å². The molecule has 2 fully saturated rings. The Morgan fingerprint density at radius 1 is 0.425 bits per heavy atom. The maximum absolute atomic E-state index is 13.3. The van der Waals surface area contributed by atoms with Crippen molar-refractivity contribution in [1.29, 1.82) is 0 Å². The fourth-order valence-corrected chi connectivity index (χ4v) is 11.8. The first-order valence-corrected chi connectivity index (χ1v) is 36.0. The number of aliphatic hydroxyl groups excluding tert-OH is 8. The Balaban J connectivity index is 1.66. The minimum atomic E-state index is -1.79. The zero-order chi connectivity index (χ0) is 63.1. The van der Waals surface area contributed by atoms with Gasteiger partial charge < -0.3 is 65.1 Å². The summed E-state index contributed by atoms with van der Waals surface area (Å²) < 4.78 is 22.9. The van der Waals surface area contributed by atoms with Gasteiger partial charge in [0.05, 0.1) is 32.0 Å². The predicted octanol–water partition coefficient (Wildman–Crippen LogP) is 14.8. The van der Waals surface area contributed by atoms with Crippen molar-refractivity contribution in [1.82, 2.24) is 5.32 Å². The first-order valence-electron chi connectivity index (χ1n) is 36.0. The molecular formula is C73H133NO13. The third-order valence-electron chi connectivity index (χ3n) is 17.5. The van der Waals surface area contributed by atoms with Crippen molar-refractivity contribution in [3.05, 3.63) is 60.8 Å². The summed E-state index contributed by atoms with van der Waals surface area (Å²) in [6.07, 6.45) is 60.0. The highest BCUT2D eigenvalue weighted by Crippen LogP contribution is 2.30. The van der Waals surface area contributed by atoms with E-state index in [1.165, 1.54) is 205 Å². The van der Waals surface area contributed by atoms with Crippen molar-refractivity contribution < 1.29 is 64.6 Å². The molecule has 87 heavy (non-hydrogen) atoms. The molecule has 508 valence electrons. The Morgan fingerprint density at radius 2 is 0.793 bits per heavy atom. The van der Waals surface area contributed by atoms with Crippen LogP contribution in [-0.2, 0) is 23.7 Å². The molecule has 0 saturated carbocycles. The van der Waals surface area contributed by atoms with Gasteiger partial charge in [0.1, 0.15) is 48.8 Å². The summed E-state index contributed by atoms with van der Waals surface area (Å²) in [5.74, 6) is -0.246. The third kappa shape index (κ3) is 41.7. The molecule has 0 aromatic carbocycles. The molecule has 9 N–H and O–H groups in total. The highest BCUT2D eigenvalue weighted by atomic mass is 16.7. The molecule has 14 heteroatoms. The second-order valence-electron chi connectivity index (χ2n) is 25.3. The second kappa shape index (κ2) is 57.6. The number of amides is 1. The van der Waals surface area contributed by atoms with E-state index in [1.807, 2.05) is 6.08 Å². The summed E-state index contributed by atoms with van der Waals surface area (Å²) in [5.41, 5.74) is 0. The van der Waals surface area contributed by atoms with Crippen LogP contribution in [0, 0.1) is 0 Å². The molecule has 0 radical (unpaired) electrons. The van der Waals surface area contributed by atoms with Gasteiger partial charge in [-0.15, -0.1) is 0 Å². The van der Waals surface area contributed by atoms with E-state index < -0.39 is 86.8 Å². The molecule has 0 spiro atoms. The molecule has 2 rings (SSSR count). The minimum Gasteiger partial charge on any atom is -0.394 e. The average Bonchev–Trinajstić information content (AvgIpc) is 1.56. The van der Waals surface area contributed by atoms with Crippen molar-refractivity contribution in [2.45, 2.75) is 376 Å². The zero-order valence-corrected chi connectivity index (χ0v) is 55.3. The monoisotopic (exact) mass is 1230 g/mol. The number of hydrogen-bond donors (Lipinski definition) is 9. The molecule has 14 nitrogen and oxygen atoms in total. The van der Waals surface area contributed by atoms with Gasteiger partial charge in [0.2, 0.25) is 5.91 Å². The summed E-state index contributed by atoms with van der Waals surface area (Å²) in [6, 6.07) is -0.924. The molecule has 0 bridgehead atoms. The van der Waals surface area contributed by atoms with Crippen LogP contribution in [0.1, 0.15) is 303 Å². The number of ether oxygens (including phenoxy) is 4. The average molecular weight is 1230 g/mol. The van der Waals surface area contributed by atoms with Crippen molar-refractivity contribution in [3.8, 4) is 0 Å². The molecule has 0 aromatic heterocycles. The van der Waals surface area contributed by atoms with Crippen LogP contribution in [0.15, 0.2) is 60.8 Å². The van der Waals surface area contributed by atoms with Crippen molar-refractivity contribution in [2.24, 2.45) is 0 Å². The molecule has 0 aliphatic carbocycles. The van der Waals surface area contributed by atoms with Gasteiger partial charge in [-0.25, -0.2) is 0 Å². The predicted molar refractivity (Wildman–Crippen MR) is 355 cm³/mol. The molecule has 2 heterocycles. The van der Waals surface area contributed by atoms with E-state index in [9.17, 15) is 45.6 Å². The van der Waals surface area contributed by atoms with E-state index in [1.54, 1.807) is 6.08 Å². The third-order valence-corrected chi connectivity index (χ3v) is 17.5. The van der Waals surface area contributed by atoms with Gasteiger partial charge in [-0.1, -0.05) is 299 Å². The number of hydrogen-bond acceptors (Lipinski definition) is 13. The zero-order valence-electron chi connectivity index (χ0n) is 55.3. The first kappa shape index (κ1) is 80.8. The number of carbonyl (C=O) groups is 1. The normalized spacial score (nSPS) is 23.6. The Morgan fingerprint density at radius 3 is 1.22 bits per heavy atom. The lowest BCUT2D eigenvalue weighted by Crippen LogP contribution is -2.65. The summed E-state index contributed by atoms with van der Waals surface area (Å²) in [7, 11) is 0. The van der Waals surface area contributed by atoms with E-state index in [2.05, 4.69) is 67.8 Å². The van der Waals surface area contributed by atoms with Crippen LogP contribution in [-0.4, -0.2) is 140 Å². The number of unbranched alkanes of at least 4 members (excludes halogenated alkanes) is 38. The van der Waals surface area contributed by atoms with Crippen LogP contribution in [0.25, 0.3) is 0 Å². The lowest BCUT2D eigenvalue weighted by Gasteiger charge is -2.46. The molecule has 12 unspecified atom stereocenters. The molecule has 2 aliphatic heterocycles. The molecule has 1 amide bonds. The number of rotatable bonds is 59. The summed E-state index contributed by atoms with van der Waals surface area (Å²) in [6.45, 7) is 2.72. The van der Waals surface area contributed by atoms with Crippen LogP contribution in [0.5, 0.6) is 0 Å². The van der Waals surface area contributed by atoms with Gasteiger partial charge in [0.15, 0.2) is 12.6 Å². The van der Waals surface area contributed by atoms with E-state index in [-0.39, 0.29) is 18.9 Å². The van der Waals surface area contributed by atoms with Gasteiger partial charge in [-0.3, -0.25) is 4.79 Å². The van der Waals surface area contributed by atoms with Crippen molar-refractivity contribution >= 4 is 5.91 Å². The van der Waals surface area contributed by atoms with Gasteiger partial charge in [-0.05, 0) is 57.8 Å². The topological polar surface area (TPSA) is 228 Å². The Kier molecular flexibility index (Phi) is 53.5. The Labute approximate surface area is 530 Å². The van der Waals surface area contributed by atoms with Gasteiger partial charge in [0.25, 0.3) is 0 Å². The fraction of sp³-hybridized carbons (Fsp3) is 0.849. The molecule has 2 saturated heterocycles. The van der Waals surface area contributed by atoms with Crippen LogP contribution in [0.2, 0.25) is 0 Å². The largest absolute Gasteiger partial charge is 0.394 e. The van der Waals surface area contributed by atoms with Crippen LogP contribution >= 0.6 is 0 Å². The summed E-state index contributed by atoms with van der Waals surface area (Å²) >= 11 is 0. The van der Waals surface area contributed by atoms with Crippen LogP contribution in [0.3, 0.4) is 0 Å². The number of allylic oxidation sites excluding steroid dienone is 9. The van der Waals surface area contributed by atoms with E-state index in [0.29, 0.717) is 6.42 Å². The summed E-state index contributed by atoms with van der Waals surface area (Å²) in [5, 5.41) is 87.5. The van der Waals surface area contributed by atoms with Crippen molar-refractivity contribution in [3.63, 3.8) is 0 Å². The highest BCUT2D eigenvalue weighted by Gasteiger charge is 2.51. The van der Waals surface area contributed by atoms with E-state index >= 15 is 0 Å². The minimum absolute atomic E-state index is 0.246. The maximum Gasteiger partial charge on any atom is 0.220 e. The molecular weight excluding hydrogens is 1100 g/mol. The second-order valence-corrected chi connectivity index (χ2v) is 25.3. The first-order chi connectivity index (χ1) is 42.6. The van der Waals surface area contributed by atoms with Crippen molar-refractivity contribution in [2.75, 3.05) is 19.8 Å². The quantitative estimate of drug-likeness (QED) is 0.0204. The highest BCUT2D eigenvalue weighted by molar-refractivity contribution is 5.76. The lowest BCUT2D eigenvalue weighted by atomic mass is 9.97. The maximum atomic E-state index is 13.3. The van der Waals surface area contributed by atoms with Crippen LogP contribution in [0.4, 0.5) is 0 Å². The molecule has 0 aromatic rings. The number of aliphatic hydroxyl groups is 8. The standard InChI is InChI=1S/C73H133NO13/c1-3-5-7-9-11-13-15-17-19-21-23-25-26-27-28-29-30-31-32-33-34-35-37-38-40-42-44-46-48-50-52-54-56-62(77)61(60-84-72-70(83)68(81)71(64(59-76)86-72)87-73-69(82)67(80)66(79)63(58-75)85-73)74-65(78)57-55-53-51-49-47-45-43-41-39-36-24-22-20-18-16-14-12-10-8-6-4-2/h6,8,12,14,18,20,24,36,54,56,61-64,66-73,75-77,79-83H,3-5,7,9-11,13,15-17,19,21-23,25-35,37-53,55,57-60H2,1-2H3,(H,74,78)/b8-6-,14-12-,20-18-,36-24-,56-54+. The smallest absolute Gasteiger partial charge is 0.220 e. The van der Waals surface area contributed by atoms with Gasteiger partial charge in [0, 0.05) is 6.42 Å². The lowest BCUT2D eigenvalue weighted by molar-refractivity contribution is -0.359. The van der Waals surface area contributed by atoms with Crippen LogP contribution < -0.4 is 5.32 Å². The number of carbonyl (C=O) groups excluding carboxylic acids is 1. The summed E-state index contributed by atoms with van der Waals surface area (Å²) in [4.78, 5) is 13.3. The Bertz CT molecular complexity index is 1690. The SMILES string of the molecule is CC/C=C\C/C=C\C/C=C\C/C=C\CCCCCCCCCCC(=O)NC(COC1OC(CO)C(OC2OC(CO)C(O)C(O)C2O)C(O)C1O)C(O)/C=C/CCCCCCCCCCCCCCCCCCCCCCCCCCCCCCCC. The fourth-order valence-electron chi connectivity index (χ4n) is 11.8. The van der Waals surface area contributed by atoms with E-state index in [4.69, 9.17) is 18.9 Å². The van der Waals surface area contributed by atoms with Gasteiger partial charge >= 0.3 is 0 Å². The Hall–Kier alpha value is -2.31.